The molecule has 0 aliphatic rings. The molecule has 15 heavy (non-hydrogen) atoms. The van der Waals surface area contributed by atoms with E-state index in [1.54, 1.807) is 13.3 Å². The minimum atomic E-state index is 0.651. The van der Waals surface area contributed by atoms with Crippen molar-refractivity contribution in [3.63, 3.8) is 0 Å². The molecule has 0 atom stereocenters. The van der Waals surface area contributed by atoms with Gasteiger partial charge >= 0.3 is 0 Å². The van der Waals surface area contributed by atoms with Gasteiger partial charge in [0.1, 0.15) is 11.6 Å². The predicted octanol–water partition coefficient (Wildman–Crippen LogP) is 3.05. The number of halogens is 1. The second-order valence-electron chi connectivity index (χ2n) is 3.20. The van der Waals surface area contributed by atoms with Crippen molar-refractivity contribution < 1.29 is 4.74 Å². The van der Waals surface area contributed by atoms with E-state index in [9.17, 15) is 0 Å². The molecule has 2 aromatic rings. The minimum absolute atomic E-state index is 0.651. The van der Waals surface area contributed by atoms with E-state index in [4.69, 9.17) is 16.3 Å². The molecule has 2 rings (SSSR count). The number of ether oxygens (including phenoxy) is 1. The number of aryl methyl sites for hydroxylation is 1. The maximum absolute atomic E-state index is 6.12. The molecule has 1 N–H and O–H groups in total. The number of nitrogens with zero attached hydrogens (tertiary/aromatic N) is 1. The molecule has 1 aromatic heterocycles. The third-order valence-corrected chi connectivity index (χ3v) is 2.48. The molecule has 0 fully saturated rings. The van der Waals surface area contributed by atoms with E-state index in [0.29, 0.717) is 5.02 Å². The summed E-state index contributed by atoms with van der Waals surface area (Å²) in [7, 11) is 1.62. The fraction of sp³-hybridized carbons (Fsp3) is 0.182. The fourth-order valence-electron chi connectivity index (χ4n) is 1.48. The number of aromatic nitrogens is 2. The van der Waals surface area contributed by atoms with Gasteiger partial charge in [-0.2, -0.15) is 0 Å². The van der Waals surface area contributed by atoms with E-state index >= 15 is 0 Å². The van der Waals surface area contributed by atoms with Gasteiger partial charge in [-0.25, -0.2) is 4.98 Å². The normalized spacial score (nSPS) is 10.3. The van der Waals surface area contributed by atoms with Crippen LogP contribution in [0.15, 0.2) is 24.4 Å². The topological polar surface area (TPSA) is 37.9 Å². The lowest BCUT2D eigenvalue weighted by molar-refractivity contribution is 0.416. The minimum Gasteiger partial charge on any atom is -0.496 e. The molecule has 0 spiro atoms. The molecule has 1 aromatic carbocycles. The lowest BCUT2D eigenvalue weighted by Crippen LogP contribution is -1.88. The number of methoxy groups -OCH3 is 1. The first-order valence-electron chi connectivity index (χ1n) is 4.57. The first kappa shape index (κ1) is 10.1. The molecule has 3 nitrogen and oxygen atoms in total. The lowest BCUT2D eigenvalue weighted by atomic mass is 10.1. The first-order valence-corrected chi connectivity index (χ1v) is 4.94. The molecule has 0 saturated heterocycles. The molecular formula is C11H11ClN2O. The van der Waals surface area contributed by atoms with Crippen LogP contribution in [0.2, 0.25) is 5.02 Å². The quantitative estimate of drug-likeness (QED) is 0.848. The highest BCUT2D eigenvalue weighted by molar-refractivity contribution is 6.33. The van der Waals surface area contributed by atoms with Crippen LogP contribution in [0.25, 0.3) is 11.3 Å². The van der Waals surface area contributed by atoms with Crippen molar-refractivity contribution in [3.8, 4) is 17.0 Å². The van der Waals surface area contributed by atoms with Gasteiger partial charge in [-0.15, -0.1) is 0 Å². The van der Waals surface area contributed by atoms with Crippen molar-refractivity contribution in [2.24, 2.45) is 0 Å². The highest BCUT2D eigenvalue weighted by Gasteiger charge is 2.11. The number of rotatable bonds is 2. The number of aromatic amines is 1. The third-order valence-electron chi connectivity index (χ3n) is 2.17. The maximum Gasteiger partial charge on any atom is 0.129 e. The van der Waals surface area contributed by atoms with Crippen molar-refractivity contribution in [2.75, 3.05) is 7.11 Å². The van der Waals surface area contributed by atoms with Crippen LogP contribution in [0.1, 0.15) is 5.82 Å². The highest BCUT2D eigenvalue weighted by Crippen LogP contribution is 2.34. The Labute approximate surface area is 93.1 Å². The second-order valence-corrected chi connectivity index (χ2v) is 3.61. The number of nitrogens with one attached hydrogen (secondary N) is 1. The summed E-state index contributed by atoms with van der Waals surface area (Å²) in [5.74, 6) is 1.60. The third kappa shape index (κ3) is 1.83. The monoisotopic (exact) mass is 222 g/mol. The smallest absolute Gasteiger partial charge is 0.129 e. The van der Waals surface area contributed by atoms with Crippen LogP contribution in [-0.2, 0) is 0 Å². The van der Waals surface area contributed by atoms with Crippen LogP contribution < -0.4 is 4.74 Å². The van der Waals surface area contributed by atoms with Crippen LogP contribution in [0, 0.1) is 6.92 Å². The Morgan fingerprint density at radius 1 is 1.40 bits per heavy atom. The summed E-state index contributed by atoms with van der Waals surface area (Å²) in [5.41, 5.74) is 1.72. The van der Waals surface area contributed by atoms with Crippen LogP contribution in [0.5, 0.6) is 5.75 Å². The van der Waals surface area contributed by atoms with E-state index in [1.165, 1.54) is 0 Å². The van der Waals surface area contributed by atoms with Gasteiger partial charge in [0.05, 0.1) is 29.6 Å². The molecule has 1 heterocycles. The molecule has 0 aliphatic heterocycles. The second kappa shape index (κ2) is 3.95. The largest absolute Gasteiger partial charge is 0.496 e. The van der Waals surface area contributed by atoms with Crippen LogP contribution in [-0.4, -0.2) is 17.1 Å². The highest BCUT2D eigenvalue weighted by atomic mass is 35.5. The number of hydrogen-bond donors (Lipinski definition) is 1. The van der Waals surface area contributed by atoms with E-state index in [2.05, 4.69) is 9.97 Å². The Kier molecular flexibility index (Phi) is 2.64. The van der Waals surface area contributed by atoms with Crippen molar-refractivity contribution in [1.29, 1.82) is 0 Å². The summed E-state index contributed by atoms with van der Waals surface area (Å²) in [4.78, 5) is 7.27. The maximum atomic E-state index is 6.12. The van der Waals surface area contributed by atoms with Crippen molar-refractivity contribution in [2.45, 2.75) is 6.92 Å². The van der Waals surface area contributed by atoms with Crippen molar-refractivity contribution >= 4 is 11.6 Å². The molecule has 0 radical (unpaired) electrons. The standard InChI is InChI=1S/C11H11ClN2O/c1-7-13-6-9(14-7)11-8(12)4-3-5-10(11)15-2/h3-6H,1-2H3,(H,13,14). The number of hydrogen-bond acceptors (Lipinski definition) is 2. The zero-order valence-corrected chi connectivity index (χ0v) is 9.30. The Morgan fingerprint density at radius 2 is 2.20 bits per heavy atom. The van der Waals surface area contributed by atoms with E-state index in [1.807, 2.05) is 25.1 Å². The summed E-state index contributed by atoms with van der Waals surface area (Å²) in [5, 5.41) is 0.651. The van der Waals surface area contributed by atoms with Gasteiger partial charge < -0.3 is 9.72 Å². The van der Waals surface area contributed by atoms with Crippen LogP contribution in [0.3, 0.4) is 0 Å². The Morgan fingerprint density at radius 3 is 2.80 bits per heavy atom. The Hall–Kier alpha value is -1.48. The average molecular weight is 223 g/mol. The summed E-state index contributed by atoms with van der Waals surface area (Å²) in [6, 6.07) is 5.56. The zero-order valence-electron chi connectivity index (χ0n) is 8.54. The van der Waals surface area contributed by atoms with Crippen molar-refractivity contribution in [1.82, 2.24) is 9.97 Å². The predicted molar refractivity (Wildman–Crippen MR) is 60.3 cm³/mol. The molecule has 0 bridgehead atoms. The summed E-state index contributed by atoms with van der Waals surface area (Å²) in [6.07, 6.45) is 1.75. The molecule has 78 valence electrons. The molecule has 4 heteroatoms. The summed E-state index contributed by atoms with van der Waals surface area (Å²) >= 11 is 6.12. The zero-order chi connectivity index (χ0) is 10.8. The van der Waals surface area contributed by atoms with Crippen LogP contribution in [0.4, 0.5) is 0 Å². The van der Waals surface area contributed by atoms with E-state index < -0.39 is 0 Å². The van der Waals surface area contributed by atoms with Gasteiger partial charge in [0.15, 0.2) is 0 Å². The average Bonchev–Trinajstić information content (AvgIpc) is 2.64. The van der Waals surface area contributed by atoms with Gasteiger partial charge in [-0.1, -0.05) is 17.7 Å². The summed E-state index contributed by atoms with van der Waals surface area (Å²) in [6.45, 7) is 1.90. The number of imidazole rings is 1. The van der Waals surface area contributed by atoms with Gasteiger partial charge in [0, 0.05) is 0 Å². The van der Waals surface area contributed by atoms with Gasteiger partial charge in [0.25, 0.3) is 0 Å². The van der Waals surface area contributed by atoms with E-state index in [-0.39, 0.29) is 0 Å². The van der Waals surface area contributed by atoms with Crippen molar-refractivity contribution in [3.05, 3.63) is 35.2 Å². The number of H-pyrrole nitrogens is 1. The van der Waals surface area contributed by atoms with E-state index in [0.717, 1.165) is 22.8 Å². The Bertz CT molecular complexity index is 479. The van der Waals surface area contributed by atoms with Gasteiger partial charge in [-0.3, -0.25) is 0 Å². The molecule has 0 saturated carbocycles. The van der Waals surface area contributed by atoms with Gasteiger partial charge in [-0.05, 0) is 19.1 Å². The molecular weight excluding hydrogens is 212 g/mol. The SMILES string of the molecule is COc1cccc(Cl)c1-c1cnc(C)[nH]1. The molecule has 0 unspecified atom stereocenters. The fourth-order valence-corrected chi connectivity index (χ4v) is 1.75. The summed E-state index contributed by atoms with van der Waals surface area (Å²) < 4.78 is 5.26. The lowest BCUT2D eigenvalue weighted by Gasteiger charge is -2.07. The first-order chi connectivity index (χ1) is 7.22. The molecule has 0 aliphatic carbocycles. The van der Waals surface area contributed by atoms with Crippen LogP contribution >= 0.6 is 11.6 Å². The Balaban J connectivity index is 2.60. The van der Waals surface area contributed by atoms with Gasteiger partial charge in [0.2, 0.25) is 0 Å². The number of benzene rings is 1. The molecule has 0 amide bonds.